The lowest BCUT2D eigenvalue weighted by molar-refractivity contribution is -0.130. The van der Waals surface area contributed by atoms with Gasteiger partial charge in [0.2, 0.25) is 0 Å². The number of hydrogen-bond acceptors (Lipinski definition) is 5. The largest absolute Gasteiger partial charge is 0.499 e. The predicted molar refractivity (Wildman–Crippen MR) is 51.0 cm³/mol. The van der Waals surface area contributed by atoms with E-state index in [1.807, 2.05) is 6.92 Å². The number of rotatable bonds is 3. The molecule has 0 N–H and O–H groups in total. The Kier molecular flexibility index (Phi) is 2.53. The molecule has 2 heterocycles. The lowest BCUT2D eigenvalue weighted by Gasteiger charge is -1.92. The van der Waals surface area contributed by atoms with Gasteiger partial charge < -0.3 is 13.9 Å². The van der Waals surface area contributed by atoms with Crippen molar-refractivity contribution >= 4 is 11.9 Å². The summed E-state index contributed by atoms with van der Waals surface area (Å²) in [6, 6.07) is 3.35. The first-order valence-electron chi connectivity index (χ1n) is 4.47. The Morgan fingerprint density at radius 3 is 3.13 bits per heavy atom. The van der Waals surface area contributed by atoms with Gasteiger partial charge >= 0.3 is 5.97 Å². The zero-order valence-electron chi connectivity index (χ0n) is 8.10. The van der Waals surface area contributed by atoms with Gasteiger partial charge in [-0.25, -0.2) is 4.79 Å². The van der Waals surface area contributed by atoms with Crippen molar-refractivity contribution in [3.8, 4) is 0 Å². The van der Waals surface area contributed by atoms with Gasteiger partial charge in [-0.15, -0.1) is 0 Å². The number of nitrogens with zero attached hydrogens (tertiary/aromatic N) is 1. The molecule has 0 atom stereocenters. The highest BCUT2D eigenvalue weighted by Crippen LogP contribution is 2.16. The number of carbonyl (C=O) groups is 1. The summed E-state index contributed by atoms with van der Waals surface area (Å²) < 4.78 is 14.9. The summed E-state index contributed by atoms with van der Waals surface area (Å²) in [7, 11) is 0. The van der Waals surface area contributed by atoms with E-state index in [0.29, 0.717) is 12.4 Å². The second kappa shape index (κ2) is 4.00. The van der Waals surface area contributed by atoms with E-state index in [-0.39, 0.29) is 11.6 Å². The summed E-state index contributed by atoms with van der Waals surface area (Å²) >= 11 is 0. The van der Waals surface area contributed by atoms with Crippen molar-refractivity contribution in [3.05, 3.63) is 36.1 Å². The molecule has 1 aromatic rings. The molecular weight excluding hydrogens is 198 g/mol. The number of carbonyl (C=O) groups excluding carboxylic acids is 1. The summed E-state index contributed by atoms with van der Waals surface area (Å²) in [6.07, 6.45) is 2.76. The maximum absolute atomic E-state index is 11.3. The van der Waals surface area contributed by atoms with E-state index in [0.717, 1.165) is 0 Å². The second-order valence-electron chi connectivity index (χ2n) is 2.74. The van der Waals surface area contributed by atoms with Crippen molar-refractivity contribution < 1.29 is 18.7 Å². The number of furan rings is 1. The summed E-state index contributed by atoms with van der Waals surface area (Å²) in [5.74, 6) is 0.0500. The molecule has 0 saturated heterocycles. The fraction of sp³-hybridized carbons (Fsp3) is 0.200. The molecule has 0 bridgehead atoms. The van der Waals surface area contributed by atoms with Crippen LogP contribution in [-0.4, -0.2) is 18.5 Å². The summed E-state index contributed by atoms with van der Waals surface area (Å²) in [6.45, 7) is 2.29. The molecule has 1 aromatic heterocycles. The molecule has 0 fully saturated rings. The molecule has 5 nitrogen and oxygen atoms in total. The Morgan fingerprint density at radius 1 is 1.60 bits per heavy atom. The van der Waals surface area contributed by atoms with Crippen molar-refractivity contribution in [1.82, 2.24) is 0 Å². The van der Waals surface area contributed by atoms with Crippen molar-refractivity contribution in [1.29, 1.82) is 0 Å². The normalized spacial score (nSPS) is 17.8. The van der Waals surface area contributed by atoms with Crippen molar-refractivity contribution in [2.24, 2.45) is 4.99 Å². The SMILES string of the molecule is CCO/C=C1/N=C(c2ccco2)OC1=O. The molecule has 0 unspecified atom stereocenters. The van der Waals surface area contributed by atoms with Gasteiger partial charge in [-0.1, -0.05) is 0 Å². The van der Waals surface area contributed by atoms with Gasteiger partial charge in [-0.3, -0.25) is 0 Å². The van der Waals surface area contributed by atoms with E-state index < -0.39 is 5.97 Å². The lowest BCUT2D eigenvalue weighted by atomic mass is 10.4. The first-order valence-corrected chi connectivity index (χ1v) is 4.47. The van der Waals surface area contributed by atoms with Crippen molar-refractivity contribution in [2.75, 3.05) is 6.61 Å². The van der Waals surface area contributed by atoms with Gasteiger partial charge in [-0.2, -0.15) is 4.99 Å². The number of hydrogen-bond donors (Lipinski definition) is 0. The van der Waals surface area contributed by atoms with Crippen LogP contribution in [0, 0.1) is 0 Å². The van der Waals surface area contributed by atoms with Crippen LogP contribution in [-0.2, 0) is 14.3 Å². The van der Waals surface area contributed by atoms with Crippen LogP contribution in [0.3, 0.4) is 0 Å². The van der Waals surface area contributed by atoms with Crippen LogP contribution < -0.4 is 0 Å². The summed E-state index contributed by atoms with van der Waals surface area (Å²) in [4.78, 5) is 15.2. The Bertz CT molecular complexity index is 417. The highest BCUT2D eigenvalue weighted by molar-refractivity contribution is 6.09. The Balaban J connectivity index is 2.21. The van der Waals surface area contributed by atoms with E-state index in [1.165, 1.54) is 12.5 Å². The Labute approximate surface area is 86.0 Å². The molecule has 5 heteroatoms. The molecular formula is C10H9NO4. The minimum atomic E-state index is -0.533. The number of aliphatic imine (C=N–C) groups is 1. The summed E-state index contributed by atoms with van der Waals surface area (Å²) in [5.41, 5.74) is 0.142. The predicted octanol–water partition coefficient (Wildman–Crippen LogP) is 1.46. The lowest BCUT2D eigenvalue weighted by Crippen LogP contribution is -2.04. The third-order valence-corrected chi connectivity index (χ3v) is 1.71. The van der Waals surface area contributed by atoms with Crippen LogP contribution in [0.25, 0.3) is 0 Å². The van der Waals surface area contributed by atoms with Gasteiger partial charge in [0.1, 0.15) is 6.26 Å². The Hall–Kier alpha value is -2.04. The zero-order valence-corrected chi connectivity index (χ0v) is 8.10. The average Bonchev–Trinajstić information content (AvgIpc) is 2.83. The highest BCUT2D eigenvalue weighted by atomic mass is 16.6. The van der Waals surface area contributed by atoms with Gasteiger partial charge in [0, 0.05) is 0 Å². The molecule has 0 aliphatic carbocycles. The molecule has 0 amide bonds. The van der Waals surface area contributed by atoms with E-state index in [9.17, 15) is 4.79 Å². The minimum Gasteiger partial charge on any atom is -0.499 e. The first kappa shape index (κ1) is 9.51. The maximum Gasteiger partial charge on any atom is 0.367 e. The summed E-state index contributed by atoms with van der Waals surface area (Å²) in [5, 5.41) is 0. The maximum atomic E-state index is 11.3. The quantitative estimate of drug-likeness (QED) is 0.427. The van der Waals surface area contributed by atoms with Crippen LogP contribution in [0.4, 0.5) is 0 Å². The van der Waals surface area contributed by atoms with Crippen LogP contribution in [0.1, 0.15) is 12.7 Å². The molecule has 15 heavy (non-hydrogen) atoms. The molecule has 0 aromatic carbocycles. The second-order valence-corrected chi connectivity index (χ2v) is 2.74. The molecule has 1 aliphatic heterocycles. The van der Waals surface area contributed by atoms with Crippen LogP contribution in [0.5, 0.6) is 0 Å². The van der Waals surface area contributed by atoms with Crippen molar-refractivity contribution in [2.45, 2.75) is 6.92 Å². The van der Waals surface area contributed by atoms with Gasteiger partial charge in [0.25, 0.3) is 5.90 Å². The molecule has 0 radical (unpaired) electrons. The monoisotopic (exact) mass is 207 g/mol. The zero-order chi connectivity index (χ0) is 10.7. The smallest absolute Gasteiger partial charge is 0.367 e. The van der Waals surface area contributed by atoms with Gasteiger partial charge in [0.15, 0.2) is 11.5 Å². The van der Waals surface area contributed by atoms with E-state index >= 15 is 0 Å². The van der Waals surface area contributed by atoms with Crippen molar-refractivity contribution in [3.63, 3.8) is 0 Å². The molecule has 1 aliphatic rings. The van der Waals surface area contributed by atoms with E-state index in [2.05, 4.69) is 4.99 Å². The number of cyclic esters (lactones) is 1. The van der Waals surface area contributed by atoms with Crippen LogP contribution in [0.15, 0.2) is 39.8 Å². The van der Waals surface area contributed by atoms with Crippen LogP contribution >= 0.6 is 0 Å². The minimum absolute atomic E-state index is 0.142. The van der Waals surface area contributed by atoms with E-state index in [4.69, 9.17) is 13.9 Å². The fourth-order valence-corrected chi connectivity index (χ4v) is 1.06. The number of esters is 1. The third-order valence-electron chi connectivity index (χ3n) is 1.71. The van der Waals surface area contributed by atoms with Crippen LogP contribution in [0.2, 0.25) is 0 Å². The highest BCUT2D eigenvalue weighted by Gasteiger charge is 2.26. The van der Waals surface area contributed by atoms with Gasteiger partial charge in [0.05, 0.1) is 12.9 Å². The topological polar surface area (TPSA) is 61.0 Å². The standard InChI is InChI=1S/C10H9NO4/c1-2-13-6-7-10(12)15-9(11-7)8-4-3-5-14-8/h3-6H,2H2,1H3/b7-6+. The average molecular weight is 207 g/mol. The molecule has 0 saturated carbocycles. The molecule has 78 valence electrons. The fourth-order valence-electron chi connectivity index (χ4n) is 1.06. The van der Waals surface area contributed by atoms with Gasteiger partial charge in [-0.05, 0) is 19.1 Å². The first-order chi connectivity index (χ1) is 7.31. The molecule has 0 spiro atoms. The van der Waals surface area contributed by atoms with E-state index in [1.54, 1.807) is 12.1 Å². The molecule has 2 rings (SSSR count). The Morgan fingerprint density at radius 2 is 2.47 bits per heavy atom. The number of ether oxygens (including phenoxy) is 2. The third kappa shape index (κ3) is 1.90.